The molecule has 0 aromatic carbocycles. The zero-order chi connectivity index (χ0) is 14.1. The largest absolute Gasteiger partial charge is 0.354 e. The van der Waals surface area contributed by atoms with Crippen LogP contribution in [-0.4, -0.2) is 26.3 Å². The van der Waals surface area contributed by atoms with Gasteiger partial charge >= 0.3 is 0 Å². The summed E-state index contributed by atoms with van der Waals surface area (Å²) in [6.45, 7) is 4.79. The monoisotopic (exact) mass is 288 g/mol. The third kappa shape index (κ3) is 2.32. The maximum Gasteiger partial charge on any atom is 0.226 e. The molecule has 0 radical (unpaired) electrons. The quantitative estimate of drug-likeness (QED) is 0.772. The minimum atomic E-state index is 0.645. The Bertz CT molecular complexity index is 744. The fraction of sp³-hybridized carbons (Fsp3) is 0.308. The first kappa shape index (κ1) is 12.9. The highest BCUT2D eigenvalue weighted by molar-refractivity contribution is 7.16. The van der Waals surface area contributed by atoms with E-state index in [1.165, 1.54) is 0 Å². The molecule has 20 heavy (non-hydrogen) atoms. The van der Waals surface area contributed by atoms with Crippen LogP contribution >= 0.6 is 11.3 Å². The molecule has 0 amide bonds. The van der Waals surface area contributed by atoms with Crippen LogP contribution in [-0.2, 0) is 7.05 Å². The van der Waals surface area contributed by atoms with Crippen LogP contribution in [0.3, 0.4) is 0 Å². The van der Waals surface area contributed by atoms with Gasteiger partial charge in [0.1, 0.15) is 10.6 Å². The third-order valence-corrected chi connectivity index (χ3v) is 3.73. The smallest absolute Gasteiger partial charge is 0.226 e. The van der Waals surface area contributed by atoms with E-state index < -0.39 is 0 Å². The van der Waals surface area contributed by atoms with Gasteiger partial charge in [-0.2, -0.15) is 10.1 Å². The maximum absolute atomic E-state index is 4.54. The van der Waals surface area contributed by atoms with Gasteiger partial charge in [-0.3, -0.25) is 4.68 Å². The average Bonchev–Trinajstić information content (AvgIpc) is 2.97. The van der Waals surface area contributed by atoms with Gasteiger partial charge in [-0.25, -0.2) is 4.98 Å². The van der Waals surface area contributed by atoms with E-state index in [2.05, 4.69) is 25.7 Å². The van der Waals surface area contributed by atoms with Gasteiger partial charge in [-0.15, -0.1) is 11.3 Å². The number of anilines is 3. The Morgan fingerprint density at radius 1 is 1.35 bits per heavy atom. The lowest BCUT2D eigenvalue weighted by molar-refractivity contribution is 0.756. The minimum Gasteiger partial charge on any atom is -0.354 e. The fourth-order valence-electron chi connectivity index (χ4n) is 2.04. The second-order valence-corrected chi connectivity index (χ2v) is 5.39. The summed E-state index contributed by atoms with van der Waals surface area (Å²) in [5.41, 5.74) is 1.90. The molecule has 3 heterocycles. The molecule has 0 atom stereocenters. The summed E-state index contributed by atoms with van der Waals surface area (Å²) >= 11 is 1.61. The molecule has 2 N–H and O–H groups in total. The highest BCUT2D eigenvalue weighted by Crippen LogP contribution is 2.29. The molecule has 104 valence electrons. The van der Waals surface area contributed by atoms with Crippen molar-refractivity contribution in [2.24, 2.45) is 7.05 Å². The van der Waals surface area contributed by atoms with E-state index in [1.54, 1.807) is 16.0 Å². The van der Waals surface area contributed by atoms with E-state index in [0.717, 1.165) is 34.0 Å². The van der Waals surface area contributed by atoms with Crippen LogP contribution in [0.2, 0.25) is 0 Å². The predicted molar refractivity (Wildman–Crippen MR) is 82.8 cm³/mol. The summed E-state index contributed by atoms with van der Waals surface area (Å²) in [6, 6.07) is 2.03. The van der Waals surface area contributed by atoms with Crippen molar-refractivity contribution in [3.8, 4) is 0 Å². The van der Waals surface area contributed by atoms with Crippen molar-refractivity contribution in [3.05, 3.63) is 23.3 Å². The number of aryl methyl sites for hydroxylation is 2. The lowest BCUT2D eigenvalue weighted by atomic mass is 10.3. The predicted octanol–water partition coefficient (Wildman–Crippen LogP) is 2.91. The molecule has 7 heteroatoms. The molecule has 0 unspecified atom stereocenters. The number of fused-ring (bicyclic) bond motifs is 1. The van der Waals surface area contributed by atoms with Crippen LogP contribution in [0.1, 0.15) is 12.6 Å². The number of rotatable bonds is 4. The Balaban J connectivity index is 2.05. The molecule has 0 aliphatic rings. The first-order valence-electron chi connectivity index (χ1n) is 6.43. The van der Waals surface area contributed by atoms with Gasteiger partial charge in [0.15, 0.2) is 0 Å². The molecule has 3 aromatic rings. The highest BCUT2D eigenvalue weighted by atomic mass is 32.1. The summed E-state index contributed by atoms with van der Waals surface area (Å²) in [5.74, 6) is 1.45. The van der Waals surface area contributed by atoms with Crippen molar-refractivity contribution >= 4 is 39.0 Å². The number of nitrogens with zero attached hydrogens (tertiary/aromatic N) is 4. The minimum absolute atomic E-state index is 0.645. The molecule has 0 aliphatic heterocycles. The number of nitrogens with one attached hydrogen (secondary N) is 2. The Morgan fingerprint density at radius 2 is 2.20 bits per heavy atom. The zero-order valence-corrected chi connectivity index (χ0v) is 12.5. The molecular weight excluding hydrogens is 272 g/mol. The lowest BCUT2D eigenvalue weighted by Gasteiger charge is -2.08. The zero-order valence-electron chi connectivity index (χ0n) is 11.6. The highest BCUT2D eigenvalue weighted by Gasteiger charge is 2.11. The molecule has 3 aromatic heterocycles. The summed E-state index contributed by atoms with van der Waals surface area (Å²) in [4.78, 5) is 10.0. The molecule has 0 saturated carbocycles. The van der Waals surface area contributed by atoms with E-state index in [0.29, 0.717) is 5.95 Å². The van der Waals surface area contributed by atoms with Gasteiger partial charge in [-0.05, 0) is 25.3 Å². The molecule has 0 fully saturated rings. The number of hydrogen-bond donors (Lipinski definition) is 2. The summed E-state index contributed by atoms with van der Waals surface area (Å²) in [7, 11) is 1.91. The van der Waals surface area contributed by atoms with Gasteiger partial charge in [-0.1, -0.05) is 0 Å². The third-order valence-electron chi connectivity index (χ3n) is 2.93. The molecule has 3 rings (SSSR count). The van der Waals surface area contributed by atoms with Gasteiger partial charge in [0, 0.05) is 19.8 Å². The van der Waals surface area contributed by atoms with Crippen LogP contribution in [0.5, 0.6) is 0 Å². The lowest BCUT2D eigenvalue weighted by Crippen LogP contribution is -2.04. The van der Waals surface area contributed by atoms with E-state index in [4.69, 9.17) is 0 Å². The van der Waals surface area contributed by atoms with Gasteiger partial charge in [0.2, 0.25) is 5.95 Å². The average molecular weight is 288 g/mol. The Labute approximate surface area is 120 Å². The van der Waals surface area contributed by atoms with Crippen molar-refractivity contribution in [1.82, 2.24) is 19.7 Å². The SMILES string of the molecule is CCNc1nc(Nc2cn(C)nc2C)c2ccsc2n1. The maximum atomic E-state index is 4.54. The van der Waals surface area contributed by atoms with E-state index in [1.807, 2.05) is 38.5 Å². The molecule has 0 aliphatic carbocycles. The van der Waals surface area contributed by atoms with Crippen LogP contribution in [0.25, 0.3) is 10.2 Å². The van der Waals surface area contributed by atoms with Crippen LogP contribution < -0.4 is 10.6 Å². The first-order chi connectivity index (χ1) is 9.67. The Morgan fingerprint density at radius 3 is 2.90 bits per heavy atom. The van der Waals surface area contributed by atoms with E-state index in [9.17, 15) is 0 Å². The van der Waals surface area contributed by atoms with Gasteiger partial charge < -0.3 is 10.6 Å². The number of aromatic nitrogens is 4. The Kier molecular flexibility index (Phi) is 3.27. The second kappa shape index (κ2) is 5.09. The molecule has 0 bridgehead atoms. The van der Waals surface area contributed by atoms with Gasteiger partial charge in [0.05, 0.1) is 16.8 Å². The van der Waals surface area contributed by atoms with Crippen molar-refractivity contribution in [2.45, 2.75) is 13.8 Å². The standard InChI is InChI=1S/C13H16N6S/c1-4-14-13-16-11(9-5-6-20-12(9)17-13)15-10-7-19(3)18-8(10)2/h5-7H,4H2,1-3H3,(H2,14,15,16,17). The van der Waals surface area contributed by atoms with Crippen molar-refractivity contribution in [1.29, 1.82) is 0 Å². The van der Waals surface area contributed by atoms with Crippen LogP contribution in [0.4, 0.5) is 17.5 Å². The fourth-order valence-corrected chi connectivity index (χ4v) is 2.80. The first-order valence-corrected chi connectivity index (χ1v) is 7.31. The summed E-state index contributed by atoms with van der Waals surface area (Å²) in [6.07, 6.45) is 1.95. The summed E-state index contributed by atoms with van der Waals surface area (Å²) in [5, 5.41) is 13.9. The van der Waals surface area contributed by atoms with Crippen molar-refractivity contribution in [3.63, 3.8) is 0 Å². The van der Waals surface area contributed by atoms with E-state index >= 15 is 0 Å². The summed E-state index contributed by atoms with van der Waals surface area (Å²) < 4.78 is 1.79. The molecular formula is C13H16N6S. The van der Waals surface area contributed by atoms with Crippen LogP contribution in [0.15, 0.2) is 17.6 Å². The van der Waals surface area contributed by atoms with E-state index in [-0.39, 0.29) is 0 Å². The second-order valence-electron chi connectivity index (χ2n) is 4.49. The van der Waals surface area contributed by atoms with Gasteiger partial charge in [0.25, 0.3) is 0 Å². The molecule has 0 spiro atoms. The Hall–Kier alpha value is -2.15. The molecule has 0 saturated heterocycles. The topological polar surface area (TPSA) is 67.7 Å². The number of thiophene rings is 1. The normalized spacial score (nSPS) is 10.9. The van der Waals surface area contributed by atoms with Crippen LogP contribution in [0, 0.1) is 6.92 Å². The molecule has 6 nitrogen and oxygen atoms in total. The van der Waals surface area contributed by atoms with Crippen molar-refractivity contribution in [2.75, 3.05) is 17.2 Å². The van der Waals surface area contributed by atoms with Crippen molar-refractivity contribution < 1.29 is 0 Å². The number of hydrogen-bond acceptors (Lipinski definition) is 6.